The lowest BCUT2D eigenvalue weighted by molar-refractivity contribution is -0.509. The molecule has 0 aliphatic heterocycles. The standard InChI is InChI=1S/C26H26N4O/c27-26(13-5-14-26)21-11-9-19(10-12-21)24-22(18-6-2-1-3-7-18)16-20-17-28-23(8-4-15-31)29-25(20)30-24/h1-3,6-7,9-12,16-17,31H,4-5,8,13-15,27H2/p+2. The van der Waals surface area contributed by atoms with Gasteiger partial charge < -0.3 is 10.8 Å². The number of aryl methyl sites for hydroxylation is 1. The first kappa shape index (κ1) is 19.8. The number of rotatable bonds is 6. The van der Waals surface area contributed by atoms with E-state index in [0.717, 1.165) is 52.1 Å². The van der Waals surface area contributed by atoms with Gasteiger partial charge in [0.2, 0.25) is 0 Å². The predicted molar refractivity (Wildman–Crippen MR) is 121 cm³/mol. The largest absolute Gasteiger partial charge is 0.396 e. The monoisotopic (exact) mass is 412 g/mol. The molecule has 0 unspecified atom stereocenters. The Balaban J connectivity index is 1.63. The van der Waals surface area contributed by atoms with Gasteiger partial charge in [-0.1, -0.05) is 54.6 Å². The first-order chi connectivity index (χ1) is 15.2. The van der Waals surface area contributed by atoms with E-state index in [1.807, 2.05) is 12.3 Å². The van der Waals surface area contributed by atoms with Crippen LogP contribution in [0.5, 0.6) is 0 Å². The summed E-state index contributed by atoms with van der Waals surface area (Å²) < 4.78 is 0. The van der Waals surface area contributed by atoms with Crippen molar-refractivity contribution in [3.05, 3.63) is 78.2 Å². The zero-order valence-corrected chi connectivity index (χ0v) is 17.6. The Labute approximate surface area is 182 Å². The van der Waals surface area contributed by atoms with E-state index >= 15 is 0 Å². The van der Waals surface area contributed by atoms with Gasteiger partial charge in [0.15, 0.2) is 0 Å². The summed E-state index contributed by atoms with van der Waals surface area (Å²) in [6.07, 6.45) is 6.92. The molecule has 2 aromatic heterocycles. The second-order valence-electron chi connectivity index (χ2n) is 8.55. The minimum absolute atomic E-state index is 0.0800. The Morgan fingerprint density at radius 2 is 1.74 bits per heavy atom. The molecule has 1 aliphatic rings. The van der Waals surface area contributed by atoms with Crippen LogP contribution in [0.15, 0.2) is 66.9 Å². The van der Waals surface area contributed by atoms with E-state index < -0.39 is 0 Å². The van der Waals surface area contributed by atoms with E-state index in [4.69, 9.17) is 15.1 Å². The van der Waals surface area contributed by atoms with Crippen LogP contribution in [0.4, 0.5) is 0 Å². The fraction of sp³-hybridized carbons (Fsp3) is 0.269. The van der Waals surface area contributed by atoms with Crippen molar-refractivity contribution in [3.63, 3.8) is 0 Å². The number of quaternary nitrogens is 1. The number of fused-ring (bicyclic) bond motifs is 1. The van der Waals surface area contributed by atoms with Gasteiger partial charge >= 0.3 is 0 Å². The molecule has 1 aliphatic carbocycles. The summed E-state index contributed by atoms with van der Waals surface area (Å²) in [5.41, 5.74) is 10.8. The van der Waals surface area contributed by atoms with Crippen LogP contribution in [0.2, 0.25) is 0 Å². The van der Waals surface area contributed by atoms with Gasteiger partial charge in [0.25, 0.3) is 11.5 Å². The molecule has 0 atom stereocenters. The van der Waals surface area contributed by atoms with Crippen molar-refractivity contribution in [2.24, 2.45) is 0 Å². The first-order valence-corrected chi connectivity index (χ1v) is 11.0. The molecule has 0 bridgehead atoms. The van der Waals surface area contributed by atoms with E-state index in [1.54, 1.807) is 0 Å². The molecular weight excluding hydrogens is 384 g/mol. The number of aromatic amines is 1. The summed E-state index contributed by atoms with van der Waals surface area (Å²) in [4.78, 5) is 13.0. The molecule has 5 N–H and O–H groups in total. The molecule has 1 saturated carbocycles. The maximum Gasteiger partial charge on any atom is 0.299 e. The molecule has 156 valence electrons. The number of H-pyrrole nitrogens is 1. The van der Waals surface area contributed by atoms with Gasteiger partial charge in [0.05, 0.1) is 17.5 Å². The predicted octanol–water partition coefficient (Wildman–Crippen LogP) is 3.32. The highest BCUT2D eigenvalue weighted by atomic mass is 16.2. The number of nitrogens with one attached hydrogen (secondary N) is 1. The van der Waals surface area contributed by atoms with Gasteiger partial charge in [0.1, 0.15) is 11.7 Å². The summed E-state index contributed by atoms with van der Waals surface area (Å²) in [6, 6.07) is 21.3. The molecule has 2 heterocycles. The van der Waals surface area contributed by atoms with Crippen LogP contribution in [0.25, 0.3) is 33.4 Å². The highest BCUT2D eigenvalue weighted by Gasteiger charge is 2.38. The van der Waals surface area contributed by atoms with Crippen LogP contribution >= 0.6 is 0 Å². The number of hydrogen-bond acceptors (Lipinski definition) is 3. The van der Waals surface area contributed by atoms with Gasteiger partial charge in [-0.3, -0.25) is 0 Å². The summed E-state index contributed by atoms with van der Waals surface area (Å²) >= 11 is 0. The van der Waals surface area contributed by atoms with Crippen molar-refractivity contribution in [1.82, 2.24) is 9.97 Å². The van der Waals surface area contributed by atoms with Crippen molar-refractivity contribution in [2.45, 2.75) is 37.6 Å². The second kappa shape index (κ2) is 8.17. The van der Waals surface area contributed by atoms with E-state index in [9.17, 15) is 0 Å². The minimum atomic E-state index is 0.0800. The third-order valence-electron chi connectivity index (χ3n) is 6.40. The van der Waals surface area contributed by atoms with Gasteiger partial charge in [-0.15, -0.1) is 0 Å². The highest BCUT2D eigenvalue weighted by Crippen LogP contribution is 2.38. The number of aromatic nitrogens is 3. The molecule has 0 spiro atoms. The average molecular weight is 413 g/mol. The molecule has 5 heteroatoms. The lowest BCUT2D eigenvalue weighted by Crippen LogP contribution is -2.73. The smallest absolute Gasteiger partial charge is 0.299 e. The molecule has 31 heavy (non-hydrogen) atoms. The van der Waals surface area contributed by atoms with Crippen LogP contribution in [0.1, 0.15) is 37.1 Å². The van der Waals surface area contributed by atoms with Crippen LogP contribution in [-0.4, -0.2) is 21.7 Å². The highest BCUT2D eigenvalue weighted by molar-refractivity contribution is 5.89. The second-order valence-corrected chi connectivity index (χ2v) is 8.55. The number of pyridine rings is 1. The number of hydrogen-bond donors (Lipinski definition) is 2. The van der Waals surface area contributed by atoms with Crippen LogP contribution in [-0.2, 0) is 12.0 Å². The van der Waals surface area contributed by atoms with E-state index in [0.29, 0.717) is 12.8 Å². The average Bonchev–Trinajstić information content (AvgIpc) is 2.81. The number of aliphatic hydroxyl groups excluding tert-OH is 1. The molecule has 5 rings (SSSR count). The van der Waals surface area contributed by atoms with Crippen molar-refractivity contribution in [3.8, 4) is 22.4 Å². The molecule has 5 nitrogen and oxygen atoms in total. The van der Waals surface area contributed by atoms with Crippen LogP contribution in [0, 0.1) is 0 Å². The normalized spacial score (nSPS) is 15.0. The summed E-state index contributed by atoms with van der Waals surface area (Å²) in [6.45, 7) is 0.152. The lowest BCUT2D eigenvalue weighted by atomic mass is 9.72. The molecule has 0 saturated heterocycles. The lowest BCUT2D eigenvalue weighted by Gasteiger charge is -2.34. The maximum absolute atomic E-state index is 9.14. The Morgan fingerprint density at radius 1 is 0.968 bits per heavy atom. The topological polar surface area (TPSA) is 87.8 Å². The Morgan fingerprint density at radius 3 is 2.42 bits per heavy atom. The van der Waals surface area contributed by atoms with Crippen molar-refractivity contribution in [2.75, 3.05) is 6.61 Å². The van der Waals surface area contributed by atoms with Gasteiger partial charge in [-0.2, -0.15) is 0 Å². The van der Waals surface area contributed by atoms with Gasteiger partial charge in [-0.25, -0.2) is 9.97 Å². The zero-order valence-electron chi connectivity index (χ0n) is 17.6. The Hall–Kier alpha value is -3.15. The van der Waals surface area contributed by atoms with Gasteiger partial charge in [0, 0.05) is 36.1 Å². The molecule has 2 aromatic carbocycles. The number of benzene rings is 2. The third kappa shape index (κ3) is 3.82. The molecule has 0 amide bonds. The quantitative estimate of drug-likeness (QED) is 0.509. The maximum atomic E-state index is 9.14. The summed E-state index contributed by atoms with van der Waals surface area (Å²) in [7, 11) is 0. The third-order valence-corrected chi connectivity index (χ3v) is 6.40. The molecule has 0 radical (unpaired) electrons. The molecular formula is C26H28N4O+2. The van der Waals surface area contributed by atoms with Crippen molar-refractivity contribution < 1.29 is 15.8 Å². The fourth-order valence-electron chi connectivity index (χ4n) is 4.34. The minimum Gasteiger partial charge on any atom is -0.396 e. The van der Waals surface area contributed by atoms with Crippen LogP contribution < -0.4 is 10.7 Å². The Kier molecular flexibility index (Phi) is 5.22. The summed E-state index contributed by atoms with van der Waals surface area (Å²) in [5.74, 6) is 0.840. The molecule has 4 aromatic rings. The SMILES string of the molecule is [NH3+]C1(c2ccc(-c3nc4nc(CCCO)[nH+]cc4cc3-c3ccccc3)cc2)CCC1. The van der Waals surface area contributed by atoms with Gasteiger partial charge in [-0.05, 0) is 29.5 Å². The first-order valence-electron chi connectivity index (χ1n) is 11.0. The number of aliphatic hydroxyl groups is 1. The number of nitrogens with zero attached hydrogens (tertiary/aromatic N) is 2. The Bertz CT molecular complexity index is 1200. The summed E-state index contributed by atoms with van der Waals surface area (Å²) in [5, 5.41) is 10.1. The molecule has 1 fully saturated rings. The van der Waals surface area contributed by atoms with Crippen molar-refractivity contribution >= 4 is 11.0 Å². The zero-order chi connectivity index (χ0) is 21.3. The van der Waals surface area contributed by atoms with E-state index in [2.05, 4.69) is 65.3 Å². The van der Waals surface area contributed by atoms with E-state index in [1.165, 1.54) is 12.0 Å². The van der Waals surface area contributed by atoms with E-state index in [-0.39, 0.29) is 12.1 Å². The van der Waals surface area contributed by atoms with Crippen LogP contribution in [0.3, 0.4) is 0 Å². The fourth-order valence-corrected chi connectivity index (χ4v) is 4.34. The van der Waals surface area contributed by atoms with Crippen molar-refractivity contribution in [1.29, 1.82) is 0 Å².